The predicted molar refractivity (Wildman–Crippen MR) is 144 cm³/mol. The molecule has 4 aromatic carbocycles. The van der Waals surface area contributed by atoms with Gasteiger partial charge in [-0.2, -0.15) is 5.10 Å². The molecule has 2 amide bonds. The fraction of sp³-hybridized carbons (Fsp3) is 0.0345. The van der Waals surface area contributed by atoms with Crippen LogP contribution in [0.15, 0.2) is 115 Å². The van der Waals surface area contributed by atoms with Gasteiger partial charge in [-0.05, 0) is 48.0 Å². The summed E-state index contributed by atoms with van der Waals surface area (Å²) in [6, 6.07) is 35.6. The Morgan fingerprint density at radius 3 is 2.19 bits per heavy atom. The molecule has 0 aliphatic carbocycles. The van der Waals surface area contributed by atoms with Crippen molar-refractivity contribution in [2.75, 3.05) is 10.6 Å². The van der Waals surface area contributed by atoms with E-state index in [0.717, 1.165) is 22.6 Å². The fourth-order valence-electron chi connectivity index (χ4n) is 3.69. The van der Waals surface area contributed by atoms with Gasteiger partial charge in [-0.3, -0.25) is 5.32 Å². The van der Waals surface area contributed by atoms with Gasteiger partial charge in [0.25, 0.3) is 0 Å². The van der Waals surface area contributed by atoms with Gasteiger partial charge in [0.1, 0.15) is 18.2 Å². The molecule has 0 fully saturated rings. The lowest BCUT2D eigenvalue weighted by Crippen LogP contribution is -2.21. The number of amides is 2. The number of ether oxygens (including phenoxy) is 1. The maximum Gasteiger partial charge on any atom is 0.324 e. The lowest BCUT2D eigenvalue weighted by Gasteiger charge is -2.11. The zero-order chi connectivity index (χ0) is 24.7. The molecular weight excluding hydrogens is 472 g/mol. The number of urea groups is 1. The van der Waals surface area contributed by atoms with Crippen LogP contribution in [0.25, 0.3) is 16.9 Å². The van der Waals surface area contributed by atoms with Crippen molar-refractivity contribution in [3.05, 3.63) is 126 Å². The summed E-state index contributed by atoms with van der Waals surface area (Å²) in [4.78, 5) is 12.9. The van der Waals surface area contributed by atoms with Crippen LogP contribution in [-0.2, 0) is 6.61 Å². The number of nitrogens with one attached hydrogen (secondary N) is 2. The lowest BCUT2D eigenvalue weighted by atomic mass is 10.1. The van der Waals surface area contributed by atoms with Crippen LogP contribution in [0.3, 0.4) is 0 Å². The minimum Gasteiger partial charge on any atom is -0.489 e. The van der Waals surface area contributed by atoms with Gasteiger partial charge in [-0.1, -0.05) is 78.3 Å². The van der Waals surface area contributed by atoms with E-state index in [1.165, 1.54) is 0 Å². The first-order valence-electron chi connectivity index (χ1n) is 11.4. The topological polar surface area (TPSA) is 68.2 Å². The molecule has 0 saturated carbocycles. The Morgan fingerprint density at radius 1 is 0.806 bits per heavy atom. The summed E-state index contributed by atoms with van der Waals surface area (Å²) in [5, 5.41) is 11.0. The highest BCUT2D eigenvalue weighted by Gasteiger charge is 2.15. The van der Waals surface area contributed by atoms with Gasteiger partial charge in [0, 0.05) is 17.3 Å². The molecule has 5 rings (SSSR count). The third kappa shape index (κ3) is 5.56. The first-order valence-corrected chi connectivity index (χ1v) is 11.8. The van der Waals surface area contributed by atoms with Crippen LogP contribution in [0, 0.1) is 0 Å². The third-order valence-electron chi connectivity index (χ3n) is 5.46. The van der Waals surface area contributed by atoms with Crippen LogP contribution in [-0.4, -0.2) is 15.8 Å². The lowest BCUT2D eigenvalue weighted by molar-refractivity contribution is 0.262. The quantitative estimate of drug-likeness (QED) is 0.247. The number of carbonyl (C=O) groups excluding carboxylic acids is 1. The second-order valence-electron chi connectivity index (χ2n) is 8.02. The smallest absolute Gasteiger partial charge is 0.324 e. The molecule has 0 radical (unpaired) electrons. The van der Waals surface area contributed by atoms with Crippen molar-refractivity contribution in [3.8, 4) is 22.7 Å². The van der Waals surface area contributed by atoms with Crippen molar-refractivity contribution in [3.63, 3.8) is 0 Å². The van der Waals surface area contributed by atoms with E-state index >= 15 is 0 Å². The molecule has 0 bridgehead atoms. The van der Waals surface area contributed by atoms with Crippen LogP contribution in [0.2, 0.25) is 5.02 Å². The number of para-hydroxylation sites is 1. The van der Waals surface area contributed by atoms with Crippen molar-refractivity contribution in [2.45, 2.75) is 6.61 Å². The average molecular weight is 495 g/mol. The van der Waals surface area contributed by atoms with Gasteiger partial charge in [0.15, 0.2) is 0 Å². The predicted octanol–water partition coefficient (Wildman–Crippen LogP) is 7.42. The monoisotopic (exact) mass is 494 g/mol. The third-order valence-corrected chi connectivity index (χ3v) is 5.79. The minimum absolute atomic E-state index is 0.393. The zero-order valence-corrected chi connectivity index (χ0v) is 20.0. The molecule has 0 spiro atoms. The van der Waals surface area contributed by atoms with Crippen LogP contribution in [0.5, 0.6) is 5.75 Å². The molecule has 7 heteroatoms. The number of halogens is 1. The zero-order valence-electron chi connectivity index (χ0n) is 19.3. The molecule has 178 valence electrons. The molecule has 0 saturated heterocycles. The standard InChI is InChI=1S/C29H23ClN4O2/c30-26-14-8-7-13-25(26)27-19-28(34(33-27)23-11-5-2-6-12-23)32-29(35)31-22-15-17-24(18-16-22)36-20-21-9-3-1-4-10-21/h1-19H,20H2,(H2,31,32,35). The van der Waals surface area contributed by atoms with Crippen molar-refractivity contribution >= 4 is 29.1 Å². The number of anilines is 2. The minimum atomic E-state index is -0.393. The average Bonchev–Trinajstić information content (AvgIpc) is 3.33. The van der Waals surface area contributed by atoms with Gasteiger partial charge in [-0.25, -0.2) is 9.48 Å². The Bertz CT molecular complexity index is 1450. The molecule has 1 aromatic heterocycles. The van der Waals surface area contributed by atoms with Crippen LogP contribution in [0.1, 0.15) is 5.56 Å². The molecule has 0 aliphatic heterocycles. The largest absolute Gasteiger partial charge is 0.489 e. The molecule has 0 aliphatic rings. The number of benzene rings is 4. The maximum atomic E-state index is 12.9. The van der Waals surface area contributed by atoms with E-state index in [1.54, 1.807) is 22.9 Å². The van der Waals surface area contributed by atoms with Crippen LogP contribution >= 0.6 is 11.6 Å². The van der Waals surface area contributed by atoms with Gasteiger partial charge in [0.2, 0.25) is 0 Å². The first-order chi connectivity index (χ1) is 17.7. The summed E-state index contributed by atoms with van der Waals surface area (Å²) in [7, 11) is 0. The number of rotatable bonds is 7. The van der Waals surface area contributed by atoms with Crippen molar-refractivity contribution in [1.82, 2.24) is 9.78 Å². The molecule has 0 unspecified atom stereocenters. The first kappa shape index (κ1) is 23.2. The molecule has 1 heterocycles. The van der Waals surface area contributed by atoms with Crippen molar-refractivity contribution in [2.24, 2.45) is 0 Å². The number of carbonyl (C=O) groups is 1. The highest BCUT2D eigenvalue weighted by atomic mass is 35.5. The normalized spacial score (nSPS) is 10.6. The molecule has 2 N–H and O–H groups in total. The van der Waals surface area contributed by atoms with Gasteiger partial charge >= 0.3 is 6.03 Å². The molecule has 6 nitrogen and oxygen atoms in total. The van der Waals surface area contributed by atoms with E-state index in [0.29, 0.717) is 28.8 Å². The summed E-state index contributed by atoms with van der Waals surface area (Å²) >= 11 is 6.39. The Morgan fingerprint density at radius 2 is 1.47 bits per heavy atom. The van der Waals surface area contributed by atoms with Crippen LogP contribution < -0.4 is 15.4 Å². The van der Waals surface area contributed by atoms with Crippen molar-refractivity contribution in [1.29, 1.82) is 0 Å². The van der Waals surface area contributed by atoms with Gasteiger partial charge < -0.3 is 10.1 Å². The van der Waals surface area contributed by atoms with E-state index in [1.807, 2.05) is 97.1 Å². The maximum absolute atomic E-state index is 12.9. The van der Waals surface area contributed by atoms with Gasteiger partial charge in [0.05, 0.1) is 16.4 Å². The van der Waals surface area contributed by atoms with Crippen molar-refractivity contribution < 1.29 is 9.53 Å². The van der Waals surface area contributed by atoms with Gasteiger partial charge in [-0.15, -0.1) is 0 Å². The summed E-state index contributed by atoms with van der Waals surface area (Å²) in [6.07, 6.45) is 0. The SMILES string of the molecule is O=C(Nc1ccc(OCc2ccccc2)cc1)Nc1cc(-c2ccccc2Cl)nn1-c1ccccc1. The molecule has 5 aromatic rings. The van der Waals surface area contributed by atoms with E-state index in [9.17, 15) is 4.79 Å². The Kier molecular flexibility index (Phi) is 6.96. The summed E-state index contributed by atoms with van der Waals surface area (Å²) in [5.74, 6) is 1.23. The number of hydrogen-bond donors (Lipinski definition) is 2. The Labute approximate surface area is 214 Å². The summed E-state index contributed by atoms with van der Waals surface area (Å²) in [5.41, 5.74) is 3.97. The summed E-state index contributed by atoms with van der Waals surface area (Å²) < 4.78 is 7.50. The Balaban J connectivity index is 1.30. The van der Waals surface area contributed by atoms with E-state index in [-0.39, 0.29) is 0 Å². The molecule has 0 atom stereocenters. The second-order valence-corrected chi connectivity index (χ2v) is 8.43. The second kappa shape index (κ2) is 10.8. The van der Waals surface area contributed by atoms with E-state index in [2.05, 4.69) is 10.6 Å². The highest BCUT2D eigenvalue weighted by molar-refractivity contribution is 6.33. The fourth-order valence-corrected chi connectivity index (χ4v) is 3.92. The highest BCUT2D eigenvalue weighted by Crippen LogP contribution is 2.30. The molecule has 36 heavy (non-hydrogen) atoms. The molecular formula is C29H23ClN4O2. The summed E-state index contributed by atoms with van der Waals surface area (Å²) in [6.45, 7) is 0.478. The van der Waals surface area contributed by atoms with E-state index in [4.69, 9.17) is 21.4 Å². The van der Waals surface area contributed by atoms with Crippen LogP contribution in [0.4, 0.5) is 16.3 Å². The van der Waals surface area contributed by atoms with E-state index < -0.39 is 6.03 Å². The number of hydrogen-bond acceptors (Lipinski definition) is 3. The number of nitrogens with zero attached hydrogens (tertiary/aromatic N) is 2. The Hall–Kier alpha value is -4.55. The number of aromatic nitrogens is 2.